The van der Waals surface area contributed by atoms with E-state index in [2.05, 4.69) is 67.4 Å². The molecule has 0 saturated carbocycles. The van der Waals surface area contributed by atoms with Crippen molar-refractivity contribution in [3.8, 4) is 11.5 Å². The van der Waals surface area contributed by atoms with Crippen LogP contribution in [0.5, 0.6) is 11.5 Å². The monoisotopic (exact) mass is 368 g/mol. The van der Waals surface area contributed by atoms with Crippen LogP contribution in [0.25, 0.3) is 0 Å². The van der Waals surface area contributed by atoms with Crippen molar-refractivity contribution < 1.29 is 9.47 Å². The molecule has 1 unspecified atom stereocenters. The Bertz CT molecular complexity index is 739. The molecule has 27 heavy (non-hydrogen) atoms. The molecule has 146 valence electrons. The van der Waals surface area contributed by atoms with Crippen molar-refractivity contribution in [3.63, 3.8) is 0 Å². The Kier molecular flexibility index (Phi) is 6.75. The van der Waals surface area contributed by atoms with Crippen molar-refractivity contribution in [2.75, 3.05) is 39.9 Å². The molecule has 1 heterocycles. The van der Waals surface area contributed by atoms with Crippen molar-refractivity contribution in [3.05, 3.63) is 58.7 Å². The molecule has 1 N–H and O–H groups in total. The highest BCUT2D eigenvalue weighted by Crippen LogP contribution is 2.37. The zero-order valence-corrected chi connectivity index (χ0v) is 17.0. The number of ether oxygens (including phenoxy) is 2. The van der Waals surface area contributed by atoms with Crippen molar-refractivity contribution >= 4 is 0 Å². The third-order valence-corrected chi connectivity index (χ3v) is 5.45. The third kappa shape index (κ3) is 4.63. The number of fused-ring (bicyclic) bond motifs is 1. The van der Waals surface area contributed by atoms with Crippen LogP contribution in [0.15, 0.2) is 36.4 Å². The molecule has 1 aliphatic heterocycles. The van der Waals surface area contributed by atoms with Crippen LogP contribution in [-0.2, 0) is 6.42 Å². The van der Waals surface area contributed by atoms with Crippen molar-refractivity contribution in [2.24, 2.45) is 0 Å². The summed E-state index contributed by atoms with van der Waals surface area (Å²) in [5.41, 5.74) is 5.21. The zero-order valence-electron chi connectivity index (χ0n) is 17.0. The Morgan fingerprint density at radius 3 is 2.48 bits per heavy atom. The van der Waals surface area contributed by atoms with Gasteiger partial charge in [0.1, 0.15) is 6.61 Å². The maximum Gasteiger partial charge on any atom is 0.161 e. The fourth-order valence-corrected chi connectivity index (χ4v) is 3.72. The molecule has 2 aromatic carbocycles. The number of nitrogens with zero attached hydrogens (tertiary/aromatic N) is 1. The molecule has 0 radical (unpaired) electrons. The van der Waals surface area contributed by atoms with Gasteiger partial charge in [-0.1, -0.05) is 43.7 Å². The SMILES string of the molecule is CCN(CC)CCOc1cc2c(cc1OC)CCNC2c1ccc(C)cc1. The first-order valence-electron chi connectivity index (χ1n) is 10.0. The molecule has 0 bridgehead atoms. The van der Waals surface area contributed by atoms with Gasteiger partial charge in [0.05, 0.1) is 13.2 Å². The normalized spacial score (nSPS) is 16.3. The minimum absolute atomic E-state index is 0.199. The topological polar surface area (TPSA) is 33.7 Å². The summed E-state index contributed by atoms with van der Waals surface area (Å²) in [5, 5.41) is 3.66. The predicted octanol–water partition coefficient (Wildman–Crippen LogP) is 3.96. The number of aryl methyl sites for hydroxylation is 1. The minimum Gasteiger partial charge on any atom is -0.493 e. The van der Waals surface area contributed by atoms with E-state index in [0.717, 1.165) is 44.1 Å². The maximum absolute atomic E-state index is 6.14. The largest absolute Gasteiger partial charge is 0.493 e. The van der Waals surface area contributed by atoms with E-state index in [4.69, 9.17) is 9.47 Å². The lowest BCUT2D eigenvalue weighted by atomic mass is 9.89. The summed E-state index contributed by atoms with van der Waals surface area (Å²) in [6, 6.07) is 13.3. The summed E-state index contributed by atoms with van der Waals surface area (Å²) in [6.45, 7) is 11.1. The average molecular weight is 369 g/mol. The second-order valence-electron chi connectivity index (χ2n) is 7.13. The minimum atomic E-state index is 0.199. The van der Waals surface area contributed by atoms with Gasteiger partial charge in [-0.05, 0) is 55.3 Å². The van der Waals surface area contributed by atoms with Crippen LogP contribution in [0.4, 0.5) is 0 Å². The molecule has 4 heteroatoms. The summed E-state index contributed by atoms with van der Waals surface area (Å²) in [6.07, 6.45) is 1.01. The molecule has 1 atom stereocenters. The fourth-order valence-electron chi connectivity index (χ4n) is 3.72. The van der Waals surface area contributed by atoms with Gasteiger partial charge >= 0.3 is 0 Å². The van der Waals surface area contributed by atoms with E-state index in [1.165, 1.54) is 22.3 Å². The van der Waals surface area contributed by atoms with E-state index in [1.54, 1.807) is 7.11 Å². The highest BCUT2D eigenvalue weighted by molar-refractivity contribution is 5.51. The van der Waals surface area contributed by atoms with E-state index in [9.17, 15) is 0 Å². The summed E-state index contributed by atoms with van der Waals surface area (Å²) < 4.78 is 11.8. The molecule has 0 saturated heterocycles. The number of benzene rings is 2. The number of rotatable bonds is 8. The third-order valence-electron chi connectivity index (χ3n) is 5.45. The van der Waals surface area contributed by atoms with Gasteiger partial charge in [-0.2, -0.15) is 0 Å². The van der Waals surface area contributed by atoms with Crippen molar-refractivity contribution in [2.45, 2.75) is 33.2 Å². The highest BCUT2D eigenvalue weighted by atomic mass is 16.5. The Hall–Kier alpha value is -2.04. The van der Waals surface area contributed by atoms with Crippen LogP contribution in [0.2, 0.25) is 0 Å². The standard InChI is InChI=1S/C23H32N2O2/c1-5-25(6-2)13-14-27-22-16-20-19(15-21(22)26-4)11-12-24-23(20)18-9-7-17(3)8-10-18/h7-10,15-16,23-24H,5-6,11-14H2,1-4H3. The zero-order chi connectivity index (χ0) is 19.2. The van der Waals surface area contributed by atoms with Gasteiger partial charge in [0, 0.05) is 13.1 Å². The van der Waals surface area contributed by atoms with Gasteiger partial charge in [-0.3, -0.25) is 0 Å². The lowest BCUT2D eigenvalue weighted by molar-refractivity contribution is 0.217. The lowest BCUT2D eigenvalue weighted by Crippen LogP contribution is -2.31. The second kappa shape index (κ2) is 9.25. The van der Waals surface area contributed by atoms with Gasteiger partial charge < -0.3 is 19.7 Å². The number of hydrogen-bond acceptors (Lipinski definition) is 4. The first kappa shape index (κ1) is 19.7. The molecule has 0 aromatic heterocycles. The Labute approximate surface area is 163 Å². The van der Waals surface area contributed by atoms with Gasteiger partial charge in [0.15, 0.2) is 11.5 Å². The number of methoxy groups -OCH3 is 1. The van der Waals surface area contributed by atoms with Gasteiger partial charge in [-0.15, -0.1) is 0 Å². The summed E-state index contributed by atoms with van der Waals surface area (Å²) in [7, 11) is 1.72. The molecule has 2 aromatic rings. The number of nitrogens with one attached hydrogen (secondary N) is 1. The molecule has 1 aliphatic rings. The quantitative estimate of drug-likeness (QED) is 0.765. The fraction of sp³-hybridized carbons (Fsp3) is 0.478. The van der Waals surface area contributed by atoms with Crippen molar-refractivity contribution in [1.29, 1.82) is 0 Å². The van der Waals surface area contributed by atoms with Crippen LogP contribution in [0, 0.1) is 6.92 Å². The first-order chi connectivity index (χ1) is 13.2. The van der Waals surface area contributed by atoms with Gasteiger partial charge in [0.25, 0.3) is 0 Å². The average Bonchev–Trinajstić information content (AvgIpc) is 2.71. The maximum atomic E-state index is 6.14. The summed E-state index contributed by atoms with van der Waals surface area (Å²) >= 11 is 0. The number of hydrogen-bond donors (Lipinski definition) is 1. The molecule has 0 fully saturated rings. The Morgan fingerprint density at radius 2 is 1.81 bits per heavy atom. The smallest absolute Gasteiger partial charge is 0.161 e. The molecule has 0 aliphatic carbocycles. The molecular weight excluding hydrogens is 336 g/mol. The van der Waals surface area contributed by atoms with E-state index in [-0.39, 0.29) is 6.04 Å². The van der Waals surface area contributed by atoms with Crippen LogP contribution in [-0.4, -0.2) is 44.8 Å². The highest BCUT2D eigenvalue weighted by Gasteiger charge is 2.24. The molecule has 3 rings (SSSR count). The van der Waals surface area contributed by atoms with Crippen LogP contribution in [0.1, 0.15) is 42.1 Å². The first-order valence-corrected chi connectivity index (χ1v) is 10.0. The van der Waals surface area contributed by atoms with E-state index >= 15 is 0 Å². The van der Waals surface area contributed by atoms with Crippen LogP contribution < -0.4 is 14.8 Å². The predicted molar refractivity (Wildman–Crippen MR) is 111 cm³/mol. The molecule has 0 amide bonds. The van der Waals surface area contributed by atoms with Gasteiger partial charge in [-0.25, -0.2) is 0 Å². The number of likely N-dealkylation sites (N-methyl/N-ethyl adjacent to an activating group) is 1. The van der Waals surface area contributed by atoms with E-state index < -0.39 is 0 Å². The lowest BCUT2D eigenvalue weighted by Gasteiger charge is -2.29. The van der Waals surface area contributed by atoms with Crippen molar-refractivity contribution in [1.82, 2.24) is 10.2 Å². The molecular formula is C23H32N2O2. The summed E-state index contributed by atoms with van der Waals surface area (Å²) in [5.74, 6) is 1.67. The molecule has 0 spiro atoms. The molecule has 4 nitrogen and oxygen atoms in total. The van der Waals surface area contributed by atoms with E-state index in [1.807, 2.05) is 0 Å². The van der Waals surface area contributed by atoms with Gasteiger partial charge in [0.2, 0.25) is 0 Å². The summed E-state index contributed by atoms with van der Waals surface area (Å²) in [4.78, 5) is 2.36. The Balaban J connectivity index is 1.85. The van der Waals surface area contributed by atoms with Crippen LogP contribution >= 0.6 is 0 Å². The van der Waals surface area contributed by atoms with Crippen LogP contribution in [0.3, 0.4) is 0 Å². The van der Waals surface area contributed by atoms with E-state index in [0.29, 0.717) is 6.61 Å². The second-order valence-corrected chi connectivity index (χ2v) is 7.13. The Morgan fingerprint density at radius 1 is 1.07 bits per heavy atom.